The van der Waals surface area contributed by atoms with E-state index in [0.717, 1.165) is 10.8 Å². The van der Waals surface area contributed by atoms with Gasteiger partial charge in [0, 0.05) is 19.2 Å². The molecule has 0 aliphatic heterocycles. The number of halogens is 1. The second-order valence-electron chi connectivity index (χ2n) is 4.66. The molecule has 20 heavy (non-hydrogen) atoms. The lowest BCUT2D eigenvalue weighted by Gasteiger charge is -2.09. The second kappa shape index (κ2) is 7.27. The Morgan fingerprint density at radius 3 is 2.75 bits per heavy atom. The molecule has 2 rings (SSSR count). The van der Waals surface area contributed by atoms with Gasteiger partial charge in [-0.2, -0.15) is 0 Å². The number of nitrogens with one attached hydrogen (secondary N) is 1. The number of alkyl halides is 1. The quantitative estimate of drug-likeness (QED) is 0.830. The van der Waals surface area contributed by atoms with Crippen LogP contribution in [0.3, 0.4) is 0 Å². The summed E-state index contributed by atoms with van der Waals surface area (Å²) in [4.78, 5) is 12.0. The number of amides is 1. The Bertz CT molecular complexity index is 585. The van der Waals surface area contributed by atoms with E-state index in [-0.39, 0.29) is 11.3 Å². The van der Waals surface area contributed by atoms with Gasteiger partial charge in [-0.25, -0.2) is 0 Å². The minimum Gasteiger partial charge on any atom is -0.383 e. The van der Waals surface area contributed by atoms with Crippen molar-refractivity contribution in [1.82, 2.24) is 5.32 Å². The normalized spacial score (nSPS) is 12.3. The zero-order valence-electron chi connectivity index (χ0n) is 11.4. The maximum absolute atomic E-state index is 12.0. The standard InChI is InChI=1S/C16H18ClNO2/c1-20-11-15(17)8-9-18-16(19)14-7-6-12-4-2-3-5-13(12)10-14/h2-7,10,15H,8-9,11H2,1H3,(H,18,19). The summed E-state index contributed by atoms with van der Waals surface area (Å²) in [6, 6.07) is 13.7. The molecule has 0 heterocycles. The smallest absolute Gasteiger partial charge is 0.251 e. The van der Waals surface area contributed by atoms with E-state index in [9.17, 15) is 4.79 Å². The van der Waals surface area contributed by atoms with Gasteiger partial charge in [0.05, 0.1) is 12.0 Å². The van der Waals surface area contributed by atoms with E-state index >= 15 is 0 Å². The first-order chi connectivity index (χ1) is 9.70. The summed E-state index contributed by atoms with van der Waals surface area (Å²) in [6.07, 6.45) is 0.689. The van der Waals surface area contributed by atoms with Crippen LogP contribution in [0.25, 0.3) is 10.8 Å². The SMILES string of the molecule is COCC(Cl)CCNC(=O)c1ccc2ccccc2c1. The second-order valence-corrected chi connectivity index (χ2v) is 5.28. The zero-order chi connectivity index (χ0) is 14.4. The number of carbonyl (C=O) groups is 1. The molecular formula is C16H18ClNO2. The van der Waals surface area contributed by atoms with Gasteiger partial charge >= 0.3 is 0 Å². The van der Waals surface area contributed by atoms with Crippen LogP contribution in [0.2, 0.25) is 0 Å². The topological polar surface area (TPSA) is 38.3 Å². The molecule has 0 radical (unpaired) electrons. The summed E-state index contributed by atoms with van der Waals surface area (Å²) >= 11 is 6.01. The Labute approximate surface area is 123 Å². The first-order valence-corrected chi connectivity index (χ1v) is 7.04. The number of benzene rings is 2. The average molecular weight is 292 g/mol. The molecule has 0 bridgehead atoms. The third-order valence-corrected chi connectivity index (χ3v) is 3.45. The van der Waals surface area contributed by atoms with Crippen molar-refractivity contribution in [3.63, 3.8) is 0 Å². The maximum Gasteiger partial charge on any atom is 0.251 e. The average Bonchev–Trinajstić information content (AvgIpc) is 2.47. The van der Waals surface area contributed by atoms with Crippen LogP contribution in [-0.4, -0.2) is 31.5 Å². The number of fused-ring (bicyclic) bond motifs is 1. The van der Waals surface area contributed by atoms with Crippen molar-refractivity contribution in [2.75, 3.05) is 20.3 Å². The molecule has 1 amide bonds. The first-order valence-electron chi connectivity index (χ1n) is 6.60. The molecule has 106 valence electrons. The minimum absolute atomic E-state index is 0.0722. The number of methoxy groups -OCH3 is 1. The molecule has 0 saturated heterocycles. The van der Waals surface area contributed by atoms with Crippen molar-refractivity contribution in [2.45, 2.75) is 11.8 Å². The van der Waals surface area contributed by atoms with Crippen LogP contribution in [0.4, 0.5) is 0 Å². The Kier molecular flexibility index (Phi) is 5.39. The van der Waals surface area contributed by atoms with Gasteiger partial charge in [0.15, 0.2) is 0 Å². The monoisotopic (exact) mass is 291 g/mol. The van der Waals surface area contributed by atoms with Gasteiger partial charge in [0.1, 0.15) is 0 Å². The van der Waals surface area contributed by atoms with Crippen molar-refractivity contribution >= 4 is 28.3 Å². The van der Waals surface area contributed by atoms with Crippen molar-refractivity contribution < 1.29 is 9.53 Å². The number of hydrogen-bond acceptors (Lipinski definition) is 2. The number of hydrogen-bond donors (Lipinski definition) is 1. The molecule has 2 aromatic rings. The maximum atomic E-state index is 12.0. The number of ether oxygens (including phenoxy) is 1. The van der Waals surface area contributed by atoms with Gasteiger partial charge in [0.25, 0.3) is 5.91 Å². The zero-order valence-corrected chi connectivity index (χ0v) is 12.2. The molecular weight excluding hydrogens is 274 g/mol. The predicted molar refractivity (Wildman–Crippen MR) is 82.4 cm³/mol. The molecule has 0 aliphatic rings. The molecule has 1 atom stereocenters. The fraction of sp³-hybridized carbons (Fsp3) is 0.312. The van der Waals surface area contributed by atoms with Gasteiger partial charge in [-0.3, -0.25) is 4.79 Å². The summed E-state index contributed by atoms with van der Waals surface area (Å²) in [7, 11) is 1.61. The molecule has 1 unspecified atom stereocenters. The molecule has 0 fully saturated rings. The summed E-state index contributed by atoms with van der Waals surface area (Å²) in [5.74, 6) is -0.0722. The molecule has 1 N–H and O–H groups in total. The van der Waals surface area contributed by atoms with E-state index in [2.05, 4.69) is 5.32 Å². The Morgan fingerprint density at radius 2 is 2.00 bits per heavy atom. The van der Waals surface area contributed by atoms with Crippen molar-refractivity contribution in [1.29, 1.82) is 0 Å². The van der Waals surface area contributed by atoms with Crippen LogP contribution in [-0.2, 0) is 4.74 Å². The van der Waals surface area contributed by atoms with E-state index in [1.165, 1.54) is 0 Å². The van der Waals surface area contributed by atoms with E-state index < -0.39 is 0 Å². The molecule has 4 heteroatoms. The molecule has 0 saturated carbocycles. The van der Waals surface area contributed by atoms with Crippen LogP contribution in [0, 0.1) is 0 Å². The highest BCUT2D eigenvalue weighted by atomic mass is 35.5. The lowest BCUT2D eigenvalue weighted by atomic mass is 10.1. The van der Waals surface area contributed by atoms with Crippen LogP contribution < -0.4 is 5.32 Å². The highest BCUT2D eigenvalue weighted by molar-refractivity contribution is 6.20. The van der Waals surface area contributed by atoms with Crippen LogP contribution in [0.15, 0.2) is 42.5 Å². The minimum atomic E-state index is -0.0723. The number of carbonyl (C=O) groups excluding carboxylic acids is 1. The highest BCUT2D eigenvalue weighted by Crippen LogP contribution is 2.15. The van der Waals surface area contributed by atoms with Crippen LogP contribution in [0.1, 0.15) is 16.8 Å². The molecule has 0 spiro atoms. The molecule has 0 aromatic heterocycles. The fourth-order valence-electron chi connectivity index (χ4n) is 2.04. The first kappa shape index (κ1) is 14.8. The summed E-state index contributed by atoms with van der Waals surface area (Å²) in [5, 5.41) is 5.00. The van der Waals surface area contributed by atoms with Gasteiger partial charge in [-0.15, -0.1) is 11.6 Å². The van der Waals surface area contributed by atoms with E-state index in [0.29, 0.717) is 25.1 Å². The van der Waals surface area contributed by atoms with E-state index in [4.69, 9.17) is 16.3 Å². The van der Waals surface area contributed by atoms with Crippen LogP contribution >= 0.6 is 11.6 Å². The fourth-order valence-corrected chi connectivity index (χ4v) is 2.27. The lowest BCUT2D eigenvalue weighted by Crippen LogP contribution is -2.27. The Balaban J connectivity index is 1.94. The van der Waals surface area contributed by atoms with Gasteiger partial charge in [-0.05, 0) is 29.3 Å². The van der Waals surface area contributed by atoms with Gasteiger partial charge in [0.2, 0.25) is 0 Å². The Hall–Kier alpha value is -1.58. The lowest BCUT2D eigenvalue weighted by molar-refractivity contribution is 0.0952. The Morgan fingerprint density at radius 1 is 1.25 bits per heavy atom. The summed E-state index contributed by atoms with van der Waals surface area (Å²) in [5.41, 5.74) is 0.668. The highest BCUT2D eigenvalue weighted by Gasteiger charge is 2.08. The van der Waals surface area contributed by atoms with E-state index in [1.807, 2.05) is 42.5 Å². The molecule has 0 aliphatic carbocycles. The largest absolute Gasteiger partial charge is 0.383 e. The van der Waals surface area contributed by atoms with Gasteiger partial charge < -0.3 is 10.1 Å². The van der Waals surface area contributed by atoms with E-state index in [1.54, 1.807) is 7.11 Å². The molecule has 2 aromatic carbocycles. The summed E-state index contributed by atoms with van der Waals surface area (Å²) in [6.45, 7) is 1.04. The number of rotatable bonds is 6. The predicted octanol–water partition coefficient (Wildman–Crippen LogP) is 3.21. The van der Waals surface area contributed by atoms with Gasteiger partial charge in [-0.1, -0.05) is 30.3 Å². The van der Waals surface area contributed by atoms with Crippen LogP contribution in [0.5, 0.6) is 0 Å². The summed E-state index contributed by atoms with van der Waals surface area (Å²) < 4.78 is 4.95. The third-order valence-electron chi connectivity index (χ3n) is 3.10. The third kappa shape index (κ3) is 3.95. The van der Waals surface area contributed by atoms with Crippen molar-refractivity contribution in [3.8, 4) is 0 Å². The van der Waals surface area contributed by atoms with Crippen molar-refractivity contribution in [2.24, 2.45) is 0 Å². The van der Waals surface area contributed by atoms with Crippen molar-refractivity contribution in [3.05, 3.63) is 48.0 Å². The molecule has 3 nitrogen and oxygen atoms in total.